The average Bonchev–Trinajstić information content (AvgIpc) is 2.57. The number of hydrogen-bond acceptors (Lipinski definition) is 6. The quantitative estimate of drug-likeness (QED) is 0.215. The zero-order valence-electron chi connectivity index (χ0n) is 15.0. The standard InChI is InChI=1S/C17H22N2OS.CH4N2O/c1-11-6-5-7-15(19(4)18)14(11)10-20-16-8-13(3)17(21)9-12(16)2;2-3-1-4/h5-9,21H,10,18H2,1-4H3;1H,2H2,(H,3,4). The van der Waals surface area contributed by atoms with E-state index in [-0.39, 0.29) is 0 Å². The van der Waals surface area contributed by atoms with Crippen LogP contribution in [0.3, 0.4) is 0 Å². The summed E-state index contributed by atoms with van der Waals surface area (Å²) < 4.78 is 6.01. The number of nitrogens with two attached hydrogens (primary N) is 2. The van der Waals surface area contributed by atoms with Gasteiger partial charge in [0.05, 0.1) is 5.69 Å². The molecule has 1 amide bonds. The molecule has 0 saturated heterocycles. The van der Waals surface area contributed by atoms with Gasteiger partial charge in [0.15, 0.2) is 0 Å². The Balaban J connectivity index is 0.000000705. The predicted molar refractivity (Wildman–Crippen MR) is 105 cm³/mol. The van der Waals surface area contributed by atoms with Crippen molar-refractivity contribution < 1.29 is 9.53 Å². The number of benzene rings is 2. The van der Waals surface area contributed by atoms with E-state index in [0.29, 0.717) is 13.0 Å². The van der Waals surface area contributed by atoms with Crippen molar-refractivity contribution in [3.63, 3.8) is 0 Å². The van der Waals surface area contributed by atoms with Crippen LogP contribution in [0, 0.1) is 20.8 Å². The highest BCUT2D eigenvalue weighted by Gasteiger charge is 2.10. The highest BCUT2D eigenvalue weighted by Crippen LogP contribution is 2.28. The van der Waals surface area contributed by atoms with E-state index in [2.05, 4.69) is 31.5 Å². The molecule has 2 aromatic rings. The van der Waals surface area contributed by atoms with E-state index in [1.54, 1.807) is 10.4 Å². The van der Waals surface area contributed by atoms with Crippen LogP contribution in [-0.4, -0.2) is 13.5 Å². The normalized spacial score (nSPS) is 9.72. The van der Waals surface area contributed by atoms with E-state index < -0.39 is 0 Å². The van der Waals surface area contributed by atoms with Crippen LogP contribution in [0.2, 0.25) is 0 Å². The van der Waals surface area contributed by atoms with Gasteiger partial charge in [0.25, 0.3) is 0 Å². The Kier molecular flexibility index (Phi) is 8.27. The van der Waals surface area contributed by atoms with Gasteiger partial charge in [-0.3, -0.25) is 10.2 Å². The minimum absolute atomic E-state index is 0.403. The number of carbonyl (C=O) groups is 1. The van der Waals surface area contributed by atoms with Crippen LogP contribution in [0.4, 0.5) is 5.69 Å². The minimum Gasteiger partial charge on any atom is -0.489 e. The first kappa shape index (κ1) is 20.8. The van der Waals surface area contributed by atoms with E-state index in [1.807, 2.05) is 45.2 Å². The largest absolute Gasteiger partial charge is 0.489 e. The Morgan fingerprint density at radius 3 is 2.40 bits per heavy atom. The fourth-order valence-electron chi connectivity index (χ4n) is 2.28. The number of aryl methyl sites for hydroxylation is 3. The molecule has 6 nitrogen and oxygen atoms in total. The molecule has 2 rings (SSSR count). The molecule has 5 N–H and O–H groups in total. The predicted octanol–water partition coefficient (Wildman–Crippen LogP) is 2.40. The SMILES string of the molecule is Cc1cc(OCc2c(C)cccc2N(C)N)c(C)cc1S.NNC=O. The van der Waals surface area contributed by atoms with Gasteiger partial charge in [-0.25, -0.2) is 11.7 Å². The van der Waals surface area contributed by atoms with Crippen molar-refractivity contribution in [1.82, 2.24) is 5.43 Å². The number of ether oxygens (including phenoxy) is 1. The van der Waals surface area contributed by atoms with Crippen LogP contribution >= 0.6 is 12.6 Å². The van der Waals surface area contributed by atoms with Crippen molar-refractivity contribution in [2.75, 3.05) is 12.1 Å². The molecule has 25 heavy (non-hydrogen) atoms. The Morgan fingerprint density at radius 1 is 1.20 bits per heavy atom. The molecule has 0 aliphatic carbocycles. The summed E-state index contributed by atoms with van der Waals surface area (Å²) >= 11 is 4.43. The summed E-state index contributed by atoms with van der Waals surface area (Å²) in [6.45, 7) is 6.63. The van der Waals surface area contributed by atoms with Gasteiger partial charge < -0.3 is 9.75 Å². The zero-order chi connectivity index (χ0) is 19.0. The molecular formula is C18H26N4O2S. The van der Waals surface area contributed by atoms with E-state index in [1.165, 1.54) is 5.56 Å². The maximum absolute atomic E-state index is 8.94. The summed E-state index contributed by atoms with van der Waals surface area (Å²) in [5, 5.41) is 1.63. The Hall–Kier alpha value is -2.22. The molecule has 0 heterocycles. The summed E-state index contributed by atoms with van der Waals surface area (Å²) in [6, 6.07) is 10.1. The molecule has 0 unspecified atom stereocenters. The van der Waals surface area contributed by atoms with Gasteiger partial charge in [-0.05, 0) is 55.7 Å². The van der Waals surface area contributed by atoms with Crippen molar-refractivity contribution in [3.05, 3.63) is 52.6 Å². The fraction of sp³-hybridized carbons (Fsp3) is 0.278. The molecule has 2 aromatic carbocycles. The molecule has 0 atom stereocenters. The molecule has 0 fully saturated rings. The third-order valence-electron chi connectivity index (χ3n) is 3.70. The maximum Gasteiger partial charge on any atom is 0.221 e. The van der Waals surface area contributed by atoms with Gasteiger partial charge in [0.1, 0.15) is 12.4 Å². The van der Waals surface area contributed by atoms with Gasteiger partial charge in [0, 0.05) is 17.5 Å². The van der Waals surface area contributed by atoms with Crippen molar-refractivity contribution in [2.45, 2.75) is 32.3 Å². The number of hydrazine groups is 2. The second-order valence-corrected chi connectivity index (χ2v) is 6.14. The molecule has 0 spiro atoms. The van der Waals surface area contributed by atoms with Crippen molar-refractivity contribution >= 4 is 24.7 Å². The van der Waals surface area contributed by atoms with Gasteiger partial charge in [-0.15, -0.1) is 12.6 Å². The lowest BCUT2D eigenvalue weighted by atomic mass is 10.1. The first-order chi connectivity index (χ1) is 11.8. The van der Waals surface area contributed by atoms with Crippen LogP contribution in [0.15, 0.2) is 35.2 Å². The summed E-state index contributed by atoms with van der Waals surface area (Å²) in [7, 11) is 1.84. The zero-order valence-corrected chi connectivity index (χ0v) is 15.9. The lowest BCUT2D eigenvalue weighted by Crippen LogP contribution is -2.26. The third kappa shape index (κ3) is 5.97. The second kappa shape index (κ2) is 9.93. The Morgan fingerprint density at radius 2 is 1.84 bits per heavy atom. The first-order valence-corrected chi connectivity index (χ1v) is 8.16. The van der Waals surface area contributed by atoms with Gasteiger partial charge in [-0.2, -0.15) is 0 Å². The number of thiol groups is 1. The van der Waals surface area contributed by atoms with Gasteiger partial charge in [0.2, 0.25) is 6.41 Å². The topological polar surface area (TPSA) is 93.6 Å². The molecule has 0 aliphatic rings. The highest BCUT2D eigenvalue weighted by atomic mass is 32.1. The number of hydrogen-bond donors (Lipinski definition) is 4. The number of rotatable bonds is 5. The number of nitrogens with zero attached hydrogens (tertiary/aromatic N) is 1. The van der Waals surface area contributed by atoms with Crippen LogP contribution in [0.1, 0.15) is 22.3 Å². The van der Waals surface area contributed by atoms with E-state index >= 15 is 0 Å². The number of amides is 1. The maximum atomic E-state index is 8.94. The molecule has 0 aromatic heterocycles. The smallest absolute Gasteiger partial charge is 0.221 e. The summed E-state index contributed by atoms with van der Waals surface area (Å²) in [5.41, 5.74) is 7.21. The summed E-state index contributed by atoms with van der Waals surface area (Å²) in [6.07, 6.45) is 0.403. The van der Waals surface area contributed by atoms with Crippen LogP contribution in [0.5, 0.6) is 5.75 Å². The van der Waals surface area contributed by atoms with E-state index in [9.17, 15) is 0 Å². The van der Waals surface area contributed by atoms with Crippen molar-refractivity contribution in [3.8, 4) is 5.75 Å². The summed E-state index contributed by atoms with van der Waals surface area (Å²) in [4.78, 5) is 9.92. The number of anilines is 1. The van der Waals surface area contributed by atoms with Gasteiger partial charge in [-0.1, -0.05) is 12.1 Å². The molecule has 0 aliphatic heterocycles. The minimum atomic E-state index is 0.403. The number of nitrogens with one attached hydrogen (secondary N) is 1. The van der Waals surface area contributed by atoms with Crippen LogP contribution < -0.4 is 26.9 Å². The average molecular weight is 362 g/mol. The Labute approximate surface area is 154 Å². The molecular weight excluding hydrogens is 336 g/mol. The molecule has 0 saturated carbocycles. The highest BCUT2D eigenvalue weighted by molar-refractivity contribution is 7.80. The third-order valence-corrected chi connectivity index (χ3v) is 4.18. The van der Waals surface area contributed by atoms with Gasteiger partial charge >= 0.3 is 0 Å². The monoisotopic (exact) mass is 362 g/mol. The molecule has 136 valence electrons. The van der Waals surface area contributed by atoms with Crippen LogP contribution in [-0.2, 0) is 11.4 Å². The first-order valence-electron chi connectivity index (χ1n) is 7.71. The lowest BCUT2D eigenvalue weighted by molar-refractivity contribution is -0.109. The molecule has 0 radical (unpaired) electrons. The second-order valence-electron chi connectivity index (χ2n) is 5.66. The Bertz CT molecular complexity index is 720. The fourth-order valence-corrected chi connectivity index (χ4v) is 2.54. The van der Waals surface area contributed by atoms with Crippen molar-refractivity contribution in [2.24, 2.45) is 11.7 Å². The lowest BCUT2D eigenvalue weighted by Gasteiger charge is -2.20. The summed E-state index contributed by atoms with van der Waals surface area (Å²) in [5.74, 6) is 11.2. The number of carbonyl (C=O) groups excluding carboxylic acids is 1. The molecule has 0 bridgehead atoms. The van der Waals surface area contributed by atoms with Crippen molar-refractivity contribution in [1.29, 1.82) is 0 Å². The van der Waals surface area contributed by atoms with E-state index in [0.717, 1.165) is 33.0 Å². The van der Waals surface area contributed by atoms with Crippen LogP contribution in [0.25, 0.3) is 0 Å². The molecule has 7 heteroatoms. The van der Waals surface area contributed by atoms with E-state index in [4.69, 9.17) is 15.4 Å².